The zero-order valence-corrected chi connectivity index (χ0v) is 19.8. The molecule has 0 bridgehead atoms. The standard InChI is InChI=1S/C24H30N2O6S/c1-4-24(17-25,23(27)28)22(19-10-6-5-7-11-19)18(2)9-8-16-26(33(29,30)31)20-12-14-21(32-3)15-13-20/h5-7,10-15,18,22H,4,8-9,16H2,1-3H3,(H,27,28)(H,29,30,31). The van der Waals surface area contributed by atoms with Crippen LogP contribution in [-0.2, 0) is 15.1 Å². The third-order valence-corrected chi connectivity index (χ3v) is 7.01. The fraction of sp³-hybridized carbons (Fsp3) is 0.417. The van der Waals surface area contributed by atoms with Gasteiger partial charge in [-0.1, -0.05) is 44.2 Å². The molecule has 8 nitrogen and oxygen atoms in total. The molecule has 0 radical (unpaired) electrons. The number of aliphatic carboxylic acids is 1. The zero-order valence-electron chi connectivity index (χ0n) is 19.0. The highest BCUT2D eigenvalue weighted by molar-refractivity contribution is 7.87. The van der Waals surface area contributed by atoms with Gasteiger partial charge >= 0.3 is 16.3 Å². The second-order valence-corrected chi connectivity index (χ2v) is 9.33. The van der Waals surface area contributed by atoms with Crippen molar-refractivity contribution in [3.63, 3.8) is 0 Å². The van der Waals surface area contributed by atoms with Gasteiger partial charge in [-0.3, -0.25) is 9.35 Å². The first-order valence-electron chi connectivity index (χ1n) is 10.7. The lowest BCUT2D eigenvalue weighted by Crippen LogP contribution is -2.39. The van der Waals surface area contributed by atoms with Crippen molar-refractivity contribution in [1.82, 2.24) is 0 Å². The van der Waals surface area contributed by atoms with Crippen LogP contribution < -0.4 is 9.04 Å². The van der Waals surface area contributed by atoms with Gasteiger partial charge < -0.3 is 9.84 Å². The smallest absolute Gasteiger partial charge is 0.359 e. The monoisotopic (exact) mass is 474 g/mol. The minimum Gasteiger partial charge on any atom is -0.497 e. The van der Waals surface area contributed by atoms with Crippen molar-refractivity contribution in [1.29, 1.82) is 5.26 Å². The van der Waals surface area contributed by atoms with E-state index in [-0.39, 0.29) is 24.6 Å². The van der Waals surface area contributed by atoms with Gasteiger partial charge in [-0.25, -0.2) is 4.31 Å². The lowest BCUT2D eigenvalue weighted by molar-refractivity contribution is -0.147. The minimum absolute atomic E-state index is 0.00420. The molecular weight excluding hydrogens is 444 g/mol. The van der Waals surface area contributed by atoms with E-state index < -0.39 is 27.6 Å². The first-order chi connectivity index (χ1) is 15.6. The minimum atomic E-state index is -4.51. The Bertz CT molecular complexity index is 1070. The molecule has 2 rings (SSSR count). The second-order valence-electron chi connectivity index (χ2n) is 8.00. The highest BCUT2D eigenvalue weighted by atomic mass is 32.2. The van der Waals surface area contributed by atoms with Gasteiger partial charge in [0.2, 0.25) is 0 Å². The molecule has 0 heterocycles. The average Bonchev–Trinajstić information content (AvgIpc) is 2.79. The van der Waals surface area contributed by atoms with Gasteiger partial charge in [0.05, 0.1) is 18.9 Å². The maximum atomic E-state index is 12.2. The van der Waals surface area contributed by atoms with Crippen LogP contribution in [-0.4, -0.2) is 37.7 Å². The number of anilines is 1. The number of benzene rings is 2. The van der Waals surface area contributed by atoms with E-state index in [4.69, 9.17) is 4.74 Å². The van der Waals surface area contributed by atoms with Crippen molar-refractivity contribution >= 4 is 22.0 Å². The Labute approximate surface area is 195 Å². The van der Waals surface area contributed by atoms with Crippen LogP contribution >= 0.6 is 0 Å². The summed E-state index contributed by atoms with van der Waals surface area (Å²) in [6.07, 6.45) is 0.922. The highest BCUT2D eigenvalue weighted by Gasteiger charge is 2.48. The summed E-state index contributed by atoms with van der Waals surface area (Å²) in [5, 5.41) is 19.8. The quantitative estimate of drug-likeness (QED) is 0.433. The highest BCUT2D eigenvalue weighted by Crippen LogP contribution is 2.45. The number of carbonyl (C=O) groups is 1. The van der Waals surface area contributed by atoms with Crippen molar-refractivity contribution < 1.29 is 27.6 Å². The summed E-state index contributed by atoms with van der Waals surface area (Å²) in [5.74, 6) is -1.46. The molecule has 33 heavy (non-hydrogen) atoms. The number of hydrogen-bond acceptors (Lipinski definition) is 5. The van der Waals surface area contributed by atoms with E-state index in [9.17, 15) is 28.1 Å². The maximum Gasteiger partial charge on any atom is 0.359 e. The predicted molar refractivity (Wildman–Crippen MR) is 125 cm³/mol. The van der Waals surface area contributed by atoms with Crippen LogP contribution in [0.15, 0.2) is 54.6 Å². The van der Waals surface area contributed by atoms with E-state index in [2.05, 4.69) is 0 Å². The third-order valence-electron chi connectivity index (χ3n) is 6.06. The topological polar surface area (TPSA) is 128 Å². The van der Waals surface area contributed by atoms with Gasteiger partial charge in [0.15, 0.2) is 5.41 Å². The molecule has 2 N–H and O–H groups in total. The first kappa shape index (κ1) is 26.2. The summed E-state index contributed by atoms with van der Waals surface area (Å²) in [5.41, 5.74) is -0.576. The summed E-state index contributed by atoms with van der Waals surface area (Å²) < 4.78 is 39.7. The molecule has 0 saturated heterocycles. The van der Waals surface area contributed by atoms with Gasteiger partial charge in [-0.05, 0) is 55.0 Å². The van der Waals surface area contributed by atoms with E-state index >= 15 is 0 Å². The Morgan fingerprint density at radius 1 is 1.18 bits per heavy atom. The molecular formula is C24H30N2O6S. The Balaban J connectivity index is 2.27. The van der Waals surface area contributed by atoms with E-state index in [0.717, 1.165) is 9.87 Å². The Morgan fingerprint density at radius 2 is 1.79 bits per heavy atom. The maximum absolute atomic E-state index is 12.2. The number of carboxylic acids is 1. The van der Waals surface area contributed by atoms with Crippen LogP contribution in [0, 0.1) is 22.7 Å². The molecule has 0 aliphatic carbocycles. The van der Waals surface area contributed by atoms with Crippen molar-refractivity contribution in [3.8, 4) is 11.8 Å². The molecule has 0 spiro atoms. The van der Waals surface area contributed by atoms with E-state index in [1.807, 2.05) is 31.2 Å². The van der Waals surface area contributed by atoms with E-state index in [1.54, 1.807) is 31.2 Å². The predicted octanol–water partition coefficient (Wildman–Crippen LogP) is 4.51. The van der Waals surface area contributed by atoms with E-state index in [1.165, 1.54) is 19.2 Å². The van der Waals surface area contributed by atoms with Crippen molar-refractivity contribution in [2.24, 2.45) is 11.3 Å². The molecule has 3 atom stereocenters. The molecule has 2 aromatic rings. The Hall–Kier alpha value is -3.09. The molecule has 0 aliphatic heterocycles. The van der Waals surface area contributed by atoms with Crippen LogP contribution in [0.1, 0.15) is 44.6 Å². The molecule has 0 aromatic heterocycles. The van der Waals surface area contributed by atoms with Crippen molar-refractivity contribution in [2.45, 2.75) is 39.0 Å². The number of carboxylic acid groups (broad SMARTS) is 1. The van der Waals surface area contributed by atoms with Crippen LogP contribution in [0.2, 0.25) is 0 Å². The van der Waals surface area contributed by atoms with E-state index in [0.29, 0.717) is 18.6 Å². The number of nitriles is 1. The lowest BCUT2D eigenvalue weighted by Gasteiger charge is -2.35. The van der Waals surface area contributed by atoms with Gasteiger partial charge in [0.25, 0.3) is 0 Å². The Morgan fingerprint density at radius 3 is 2.24 bits per heavy atom. The number of rotatable bonds is 12. The first-order valence-corrected chi connectivity index (χ1v) is 12.1. The zero-order chi connectivity index (χ0) is 24.6. The Kier molecular flexibility index (Phi) is 8.85. The third kappa shape index (κ3) is 6.03. The molecule has 3 unspecified atom stereocenters. The summed E-state index contributed by atoms with van der Waals surface area (Å²) in [6, 6.07) is 17.4. The number of nitrogens with zero attached hydrogens (tertiary/aromatic N) is 2. The van der Waals surface area contributed by atoms with Crippen molar-refractivity contribution in [2.75, 3.05) is 18.0 Å². The molecule has 178 valence electrons. The second kappa shape index (κ2) is 11.2. The number of methoxy groups -OCH3 is 1. The summed E-state index contributed by atoms with van der Waals surface area (Å²) in [4.78, 5) is 12.2. The fourth-order valence-electron chi connectivity index (χ4n) is 4.31. The van der Waals surface area contributed by atoms with Crippen LogP contribution in [0.3, 0.4) is 0 Å². The average molecular weight is 475 g/mol. The molecule has 2 aromatic carbocycles. The van der Waals surface area contributed by atoms with Gasteiger partial charge in [0.1, 0.15) is 5.75 Å². The molecule has 9 heteroatoms. The van der Waals surface area contributed by atoms with Crippen LogP contribution in [0.5, 0.6) is 5.75 Å². The van der Waals surface area contributed by atoms with Crippen LogP contribution in [0.25, 0.3) is 0 Å². The molecule has 0 aliphatic rings. The molecule has 0 amide bonds. The van der Waals surface area contributed by atoms with Crippen LogP contribution in [0.4, 0.5) is 5.69 Å². The lowest BCUT2D eigenvalue weighted by atomic mass is 9.65. The van der Waals surface area contributed by atoms with Gasteiger partial charge in [0, 0.05) is 12.5 Å². The van der Waals surface area contributed by atoms with Gasteiger partial charge in [-0.15, -0.1) is 0 Å². The largest absolute Gasteiger partial charge is 0.497 e. The number of ether oxygens (including phenoxy) is 1. The van der Waals surface area contributed by atoms with Crippen molar-refractivity contribution in [3.05, 3.63) is 60.2 Å². The normalized spacial score (nSPS) is 15.0. The summed E-state index contributed by atoms with van der Waals surface area (Å²) in [6.45, 7) is 3.55. The number of hydrogen-bond donors (Lipinski definition) is 2. The fourth-order valence-corrected chi connectivity index (χ4v) is 5.06. The molecule has 0 fully saturated rings. The SMILES string of the molecule is CCC(C#N)(C(=O)O)C(c1ccccc1)C(C)CCCN(c1ccc(OC)cc1)S(=O)(=O)O. The summed E-state index contributed by atoms with van der Waals surface area (Å²) >= 11 is 0. The molecule has 0 saturated carbocycles. The summed E-state index contributed by atoms with van der Waals surface area (Å²) in [7, 11) is -3.02. The van der Waals surface area contributed by atoms with Gasteiger partial charge in [-0.2, -0.15) is 13.7 Å².